The lowest BCUT2D eigenvalue weighted by Gasteiger charge is -2.14. The smallest absolute Gasteiger partial charge is 0.240 e. The fourth-order valence-electron chi connectivity index (χ4n) is 1.57. The topological polar surface area (TPSA) is 89.3 Å². The second kappa shape index (κ2) is 7.14. The van der Waals surface area contributed by atoms with E-state index in [1.54, 1.807) is 31.4 Å². The fourth-order valence-corrected chi connectivity index (χ4v) is 3.61. The standard InChI is InChI=1S/C12H20N2O3S2/c1-10(6-7-18(2)15)14-19(16,17)12-5-3-4-11(8-12)9-13/h3-5,8,10,14H,6-7,9,13H2,1-2H3. The first-order chi connectivity index (χ1) is 8.85. The molecule has 0 aliphatic rings. The third-order valence-corrected chi connectivity index (χ3v) is 5.04. The van der Waals surface area contributed by atoms with E-state index >= 15 is 0 Å². The van der Waals surface area contributed by atoms with Crippen molar-refractivity contribution in [2.45, 2.75) is 30.8 Å². The second-order valence-corrected chi connectivity index (χ2v) is 7.71. The van der Waals surface area contributed by atoms with Gasteiger partial charge in [-0.25, -0.2) is 13.1 Å². The van der Waals surface area contributed by atoms with Gasteiger partial charge in [0, 0.05) is 35.4 Å². The molecule has 7 heteroatoms. The number of nitrogens with two attached hydrogens (primary N) is 1. The maximum Gasteiger partial charge on any atom is 0.240 e. The van der Waals surface area contributed by atoms with Gasteiger partial charge in [0.2, 0.25) is 10.0 Å². The molecule has 1 rings (SSSR count). The molecule has 3 N–H and O–H groups in total. The van der Waals surface area contributed by atoms with Gasteiger partial charge in [0.15, 0.2) is 0 Å². The SMILES string of the molecule is CC(CCS(C)=O)NS(=O)(=O)c1cccc(CN)c1. The Morgan fingerprint density at radius 1 is 1.42 bits per heavy atom. The first kappa shape index (κ1) is 16.3. The molecule has 0 bridgehead atoms. The highest BCUT2D eigenvalue weighted by Gasteiger charge is 2.17. The zero-order chi connectivity index (χ0) is 14.5. The van der Waals surface area contributed by atoms with Gasteiger partial charge in [0.25, 0.3) is 0 Å². The van der Waals surface area contributed by atoms with Crippen LogP contribution in [-0.2, 0) is 27.4 Å². The summed E-state index contributed by atoms with van der Waals surface area (Å²) in [5.41, 5.74) is 6.26. The van der Waals surface area contributed by atoms with Crippen molar-refractivity contribution in [3.63, 3.8) is 0 Å². The molecule has 0 amide bonds. The largest absolute Gasteiger partial charge is 0.326 e. The third kappa shape index (κ3) is 5.40. The zero-order valence-corrected chi connectivity index (χ0v) is 12.8. The van der Waals surface area contributed by atoms with E-state index in [-0.39, 0.29) is 10.9 Å². The highest BCUT2D eigenvalue weighted by molar-refractivity contribution is 7.89. The zero-order valence-electron chi connectivity index (χ0n) is 11.1. The van der Waals surface area contributed by atoms with Crippen molar-refractivity contribution in [1.29, 1.82) is 0 Å². The van der Waals surface area contributed by atoms with E-state index in [0.29, 0.717) is 18.7 Å². The van der Waals surface area contributed by atoms with Crippen molar-refractivity contribution in [3.8, 4) is 0 Å². The van der Waals surface area contributed by atoms with Gasteiger partial charge in [-0.3, -0.25) is 4.21 Å². The van der Waals surface area contributed by atoms with Crippen LogP contribution in [-0.4, -0.2) is 30.7 Å². The maximum atomic E-state index is 12.1. The van der Waals surface area contributed by atoms with Crippen LogP contribution < -0.4 is 10.5 Å². The molecule has 1 aromatic carbocycles. The van der Waals surface area contributed by atoms with E-state index in [0.717, 1.165) is 5.56 Å². The predicted molar refractivity (Wildman–Crippen MR) is 77.7 cm³/mol. The molecule has 0 aromatic heterocycles. The Kier molecular flexibility index (Phi) is 6.12. The van der Waals surface area contributed by atoms with Gasteiger partial charge in [-0.2, -0.15) is 0 Å². The lowest BCUT2D eigenvalue weighted by molar-refractivity contribution is 0.555. The van der Waals surface area contributed by atoms with Gasteiger partial charge in [0.05, 0.1) is 4.90 Å². The minimum Gasteiger partial charge on any atom is -0.326 e. The van der Waals surface area contributed by atoms with Gasteiger partial charge in [-0.1, -0.05) is 12.1 Å². The lowest BCUT2D eigenvalue weighted by Crippen LogP contribution is -2.33. The second-order valence-electron chi connectivity index (χ2n) is 4.44. The number of nitrogens with one attached hydrogen (secondary N) is 1. The Morgan fingerprint density at radius 3 is 2.68 bits per heavy atom. The van der Waals surface area contributed by atoms with Gasteiger partial charge in [0.1, 0.15) is 0 Å². The molecule has 0 heterocycles. The summed E-state index contributed by atoms with van der Waals surface area (Å²) in [4.78, 5) is 0.208. The summed E-state index contributed by atoms with van der Waals surface area (Å²) in [6.45, 7) is 2.06. The summed E-state index contributed by atoms with van der Waals surface area (Å²) in [6.07, 6.45) is 2.14. The number of benzene rings is 1. The molecule has 19 heavy (non-hydrogen) atoms. The van der Waals surface area contributed by atoms with E-state index < -0.39 is 20.8 Å². The maximum absolute atomic E-state index is 12.1. The van der Waals surface area contributed by atoms with Gasteiger partial charge >= 0.3 is 0 Å². The summed E-state index contributed by atoms with van der Waals surface area (Å²) in [5.74, 6) is 0.479. The van der Waals surface area contributed by atoms with Gasteiger partial charge < -0.3 is 5.73 Å². The minimum atomic E-state index is -3.54. The molecule has 0 aliphatic heterocycles. The van der Waals surface area contributed by atoms with Crippen LogP contribution in [0, 0.1) is 0 Å². The van der Waals surface area contributed by atoms with Crippen molar-refractivity contribution in [3.05, 3.63) is 29.8 Å². The average Bonchev–Trinajstić information content (AvgIpc) is 2.36. The van der Waals surface area contributed by atoms with Crippen LogP contribution in [0.4, 0.5) is 0 Å². The van der Waals surface area contributed by atoms with Crippen LogP contribution in [0.15, 0.2) is 29.2 Å². The van der Waals surface area contributed by atoms with Gasteiger partial charge in [-0.15, -0.1) is 0 Å². The van der Waals surface area contributed by atoms with Crippen molar-refractivity contribution in [1.82, 2.24) is 4.72 Å². The quantitative estimate of drug-likeness (QED) is 0.771. The molecule has 2 atom stereocenters. The summed E-state index contributed by atoms with van der Waals surface area (Å²) in [7, 11) is -4.46. The molecule has 0 spiro atoms. The summed E-state index contributed by atoms with van der Waals surface area (Å²) in [5, 5.41) is 0. The Bertz CT molecular complexity index is 544. The summed E-state index contributed by atoms with van der Waals surface area (Å²) >= 11 is 0. The van der Waals surface area contributed by atoms with E-state index in [1.165, 1.54) is 6.07 Å². The number of hydrogen-bond acceptors (Lipinski definition) is 4. The van der Waals surface area contributed by atoms with Crippen LogP contribution in [0.1, 0.15) is 18.9 Å². The van der Waals surface area contributed by atoms with E-state index in [1.807, 2.05) is 0 Å². The molecule has 0 fully saturated rings. The van der Waals surface area contributed by atoms with Crippen molar-refractivity contribution in [2.24, 2.45) is 5.73 Å². The van der Waals surface area contributed by atoms with E-state index in [4.69, 9.17) is 5.73 Å². The Labute approximate surface area is 117 Å². The van der Waals surface area contributed by atoms with Crippen LogP contribution in [0.2, 0.25) is 0 Å². The Morgan fingerprint density at radius 2 is 2.11 bits per heavy atom. The number of rotatable bonds is 7. The molecule has 0 radical (unpaired) electrons. The monoisotopic (exact) mass is 304 g/mol. The van der Waals surface area contributed by atoms with E-state index in [2.05, 4.69) is 4.72 Å². The predicted octanol–water partition coefficient (Wildman–Crippen LogP) is 0.581. The molecule has 0 aliphatic carbocycles. The summed E-state index contributed by atoms with van der Waals surface area (Å²) < 4.78 is 37.8. The van der Waals surface area contributed by atoms with Crippen LogP contribution >= 0.6 is 0 Å². The molecular formula is C12H20N2O3S2. The van der Waals surface area contributed by atoms with Crippen LogP contribution in [0.3, 0.4) is 0 Å². The third-order valence-electron chi connectivity index (χ3n) is 2.64. The molecule has 108 valence electrons. The normalized spacial score (nSPS) is 15.1. The number of sulfonamides is 1. The van der Waals surface area contributed by atoms with Crippen molar-refractivity contribution in [2.75, 3.05) is 12.0 Å². The highest BCUT2D eigenvalue weighted by Crippen LogP contribution is 2.12. The van der Waals surface area contributed by atoms with Gasteiger partial charge in [-0.05, 0) is 31.0 Å². The first-order valence-electron chi connectivity index (χ1n) is 5.96. The molecule has 5 nitrogen and oxygen atoms in total. The van der Waals surface area contributed by atoms with E-state index in [9.17, 15) is 12.6 Å². The molecule has 1 aromatic rings. The molecular weight excluding hydrogens is 284 g/mol. The fraction of sp³-hybridized carbons (Fsp3) is 0.500. The Hall–Kier alpha value is -0.760. The number of hydrogen-bond donors (Lipinski definition) is 2. The van der Waals surface area contributed by atoms with Crippen molar-refractivity contribution >= 4 is 20.8 Å². The molecule has 0 saturated heterocycles. The van der Waals surface area contributed by atoms with Crippen LogP contribution in [0.25, 0.3) is 0 Å². The lowest BCUT2D eigenvalue weighted by atomic mass is 10.2. The average molecular weight is 304 g/mol. The summed E-state index contributed by atoms with van der Waals surface area (Å²) in [6, 6.07) is 6.29. The van der Waals surface area contributed by atoms with Crippen LogP contribution in [0.5, 0.6) is 0 Å². The molecule has 2 unspecified atom stereocenters. The molecule has 0 saturated carbocycles. The minimum absolute atomic E-state index is 0.208. The highest BCUT2D eigenvalue weighted by atomic mass is 32.2. The first-order valence-corrected chi connectivity index (χ1v) is 9.17. The van der Waals surface area contributed by atoms with Crippen molar-refractivity contribution < 1.29 is 12.6 Å². The Balaban J connectivity index is 2.77.